The van der Waals surface area contributed by atoms with Crippen molar-refractivity contribution in [1.82, 2.24) is 0 Å². The molecule has 0 aromatic heterocycles. The zero-order valence-corrected chi connectivity index (χ0v) is 12.1. The molecular weight excluding hydrogens is 355 g/mol. The molecule has 0 aliphatic heterocycles. The quantitative estimate of drug-likeness (QED) is 0.292. The highest BCUT2D eigenvalue weighted by molar-refractivity contribution is 14.0. The zero-order chi connectivity index (χ0) is 12.0. The number of hydrogen-bond donors (Lipinski definition) is 1. The van der Waals surface area contributed by atoms with Crippen LogP contribution >= 0.6 is 35.7 Å². The highest BCUT2D eigenvalue weighted by atomic mass is 127. The van der Waals surface area contributed by atoms with E-state index in [0.29, 0.717) is 5.17 Å². The summed E-state index contributed by atoms with van der Waals surface area (Å²) in [6.07, 6.45) is 3.27. The molecule has 17 heavy (non-hydrogen) atoms. The molecule has 0 saturated heterocycles. The van der Waals surface area contributed by atoms with Gasteiger partial charge in [0.2, 0.25) is 0 Å². The Balaban J connectivity index is 0.00000256. The number of nitrogens with two attached hydrogens (primary N) is 1. The van der Waals surface area contributed by atoms with Gasteiger partial charge in [0, 0.05) is 12.1 Å². The molecule has 92 valence electrons. The maximum Gasteiger partial charge on any atom is 0.269 e. The predicted molar refractivity (Wildman–Crippen MR) is 81.2 cm³/mol. The third-order valence-corrected chi connectivity index (χ3v) is 2.18. The molecule has 0 radical (unpaired) electrons. The van der Waals surface area contributed by atoms with Crippen LogP contribution in [0.1, 0.15) is 5.56 Å². The fraction of sp³-hybridized carbons (Fsp3) is 0.111. The maximum atomic E-state index is 10.4. The minimum Gasteiger partial charge on any atom is -0.377 e. The SMILES string of the molecule is CSC(N)=N/N=C/c1ccc([N+](=O)[O-])cc1.I. The topological polar surface area (TPSA) is 93.9 Å². The van der Waals surface area contributed by atoms with Gasteiger partial charge in [-0.2, -0.15) is 5.10 Å². The molecule has 0 aliphatic carbocycles. The second kappa shape index (κ2) is 8.01. The van der Waals surface area contributed by atoms with Crippen LogP contribution in [0.3, 0.4) is 0 Å². The molecule has 1 rings (SSSR count). The van der Waals surface area contributed by atoms with Gasteiger partial charge in [0.1, 0.15) is 0 Å². The average molecular weight is 366 g/mol. The molecule has 0 spiro atoms. The van der Waals surface area contributed by atoms with Crippen molar-refractivity contribution in [2.24, 2.45) is 15.9 Å². The highest BCUT2D eigenvalue weighted by Crippen LogP contribution is 2.10. The monoisotopic (exact) mass is 366 g/mol. The fourth-order valence-corrected chi connectivity index (χ4v) is 1.00. The zero-order valence-electron chi connectivity index (χ0n) is 8.94. The van der Waals surface area contributed by atoms with Gasteiger partial charge in [0.05, 0.1) is 11.1 Å². The summed E-state index contributed by atoms with van der Waals surface area (Å²) < 4.78 is 0. The van der Waals surface area contributed by atoms with Crippen molar-refractivity contribution in [3.63, 3.8) is 0 Å². The number of rotatable bonds is 3. The number of amidine groups is 1. The lowest BCUT2D eigenvalue weighted by Gasteiger charge is -1.92. The van der Waals surface area contributed by atoms with Gasteiger partial charge in [0.15, 0.2) is 5.17 Å². The van der Waals surface area contributed by atoms with Crippen LogP contribution in [0.15, 0.2) is 34.5 Å². The van der Waals surface area contributed by atoms with Gasteiger partial charge < -0.3 is 5.73 Å². The lowest BCUT2D eigenvalue weighted by atomic mass is 10.2. The Labute approximate surface area is 120 Å². The van der Waals surface area contributed by atoms with Gasteiger partial charge in [-0.05, 0) is 24.0 Å². The van der Waals surface area contributed by atoms with Crippen molar-refractivity contribution in [2.45, 2.75) is 0 Å². The number of non-ortho nitro benzene ring substituents is 1. The van der Waals surface area contributed by atoms with E-state index in [1.807, 2.05) is 0 Å². The molecule has 0 unspecified atom stereocenters. The third-order valence-electron chi connectivity index (χ3n) is 1.68. The van der Waals surface area contributed by atoms with Crippen molar-refractivity contribution in [1.29, 1.82) is 0 Å². The largest absolute Gasteiger partial charge is 0.377 e. The Morgan fingerprint density at radius 1 is 1.47 bits per heavy atom. The molecule has 0 bridgehead atoms. The van der Waals surface area contributed by atoms with E-state index in [9.17, 15) is 10.1 Å². The van der Waals surface area contributed by atoms with Crippen molar-refractivity contribution in [3.8, 4) is 0 Å². The van der Waals surface area contributed by atoms with Crippen LogP contribution in [-0.4, -0.2) is 22.6 Å². The van der Waals surface area contributed by atoms with Gasteiger partial charge in [-0.15, -0.1) is 29.1 Å². The molecule has 6 nitrogen and oxygen atoms in total. The van der Waals surface area contributed by atoms with E-state index in [-0.39, 0.29) is 29.7 Å². The second-order valence-corrected chi connectivity index (χ2v) is 3.56. The van der Waals surface area contributed by atoms with Crippen LogP contribution in [0.5, 0.6) is 0 Å². The van der Waals surface area contributed by atoms with Crippen LogP contribution in [0.4, 0.5) is 5.69 Å². The number of nitrogens with zero attached hydrogens (tertiary/aromatic N) is 3. The minimum atomic E-state index is -0.454. The first-order valence-electron chi connectivity index (χ1n) is 4.28. The number of nitro benzene ring substituents is 1. The van der Waals surface area contributed by atoms with E-state index in [1.165, 1.54) is 30.1 Å². The summed E-state index contributed by atoms with van der Waals surface area (Å²) in [6.45, 7) is 0. The molecule has 0 amide bonds. The highest BCUT2D eigenvalue weighted by Gasteiger charge is 2.02. The van der Waals surface area contributed by atoms with E-state index in [4.69, 9.17) is 5.73 Å². The molecule has 8 heteroatoms. The molecule has 2 N–H and O–H groups in total. The van der Waals surface area contributed by atoms with E-state index in [2.05, 4.69) is 10.2 Å². The molecule has 1 aromatic carbocycles. The van der Waals surface area contributed by atoms with Crippen LogP contribution in [0.2, 0.25) is 0 Å². The molecule has 1 aromatic rings. The summed E-state index contributed by atoms with van der Waals surface area (Å²) in [5.74, 6) is 0. The van der Waals surface area contributed by atoms with E-state index in [0.717, 1.165) is 5.56 Å². The summed E-state index contributed by atoms with van der Waals surface area (Å²) >= 11 is 1.29. The molecule has 0 heterocycles. The summed E-state index contributed by atoms with van der Waals surface area (Å²) in [5.41, 5.74) is 6.18. The van der Waals surface area contributed by atoms with Crippen molar-refractivity contribution in [3.05, 3.63) is 39.9 Å². The number of hydrogen-bond acceptors (Lipinski definition) is 5. The molecule has 0 aliphatic rings. The van der Waals surface area contributed by atoms with E-state index < -0.39 is 4.92 Å². The number of thioether (sulfide) groups is 1. The summed E-state index contributed by atoms with van der Waals surface area (Å²) in [5, 5.41) is 18.2. The van der Waals surface area contributed by atoms with Gasteiger partial charge >= 0.3 is 0 Å². The predicted octanol–water partition coefficient (Wildman–Crippen LogP) is 2.22. The number of halogens is 1. The third kappa shape index (κ3) is 5.63. The summed E-state index contributed by atoms with van der Waals surface area (Å²) in [4.78, 5) is 9.93. The average Bonchev–Trinajstić information content (AvgIpc) is 2.29. The van der Waals surface area contributed by atoms with Crippen molar-refractivity contribution >= 4 is 52.8 Å². The minimum absolute atomic E-state index is 0. The molecule has 0 saturated carbocycles. The van der Waals surface area contributed by atoms with Gasteiger partial charge in [-0.25, -0.2) is 0 Å². The Kier molecular flexibility index (Phi) is 7.46. The normalized spacial score (nSPS) is 11.2. The first-order valence-corrected chi connectivity index (χ1v) is 5.51. The van der Waals surface area contributed by atoms with Crippen LogP contribution < -0.4 is 5.73 Å². The van der Waals surface area contributed by atoms with Crippen molar-refractivity contribution < 1.29 is 4.92 Å². The van der Waals surface area contributed by atoms with Crippen LogP contribution in [0.25, 0.3) is 0 Å². The number of benzene rings is 1. The smallest absolute Gasteiger partial charge is 0.269 e. The van der Waals surface area contributed by atoms with Crippen LogP contribution in [0, 0.1) is 10.1 Å². The van der Waals surface area contributed by atoms with Gasteiger partial charge in [-0.3, -0.25) is 10.1 Å². The van der Waals surface area contributed by atoms with Gasteiger partial charge in [-0.1, -0.05) is 11.8 Å². The first-order chi connectivity index (χ1) is 7.63. The Morgan fingerprint density at radius 2 is 2.06 bits per heavy atom. The first kappa shape index (κ1) is 15.8. The summed E-state index contributed by atoms with van der Waals surface area (Å²) in [7, 11) is 0. The van der Waals surface area contributed by atoms with E-state index in [1.54, 1.807) is 18.4 Å². The molecular formula is C9H11IN4O2S. The maximum absolute atomic E-state index is 10.4. The van der Waals surface area contributed by atoms with Crippen molar-refractivity contribution in [2.75, 3.05) is 6.26 Å². The Bertz CT molecular complexity index is 433. The lowest BCUT2D eigenvalue weighted by molar-refractivity contribution is -0.384. The molecule has 0 fully saturated rings. The number of nitro groups is 1. The van der Waals surface area contributed by atoms with Crippen LogP contribution in [-0.2, 0) is 0 Å². The van der Waals surface area contributed by atoms with E-state index >= 15 is 0 Å². The molecule has 0 atom stereocenters. The lowest BCUT2D eigenvalue weighted by Crippen LogP contribution is -2.03. The Hall–Kier alpha value is -1.16. The van der Waals surface area contributed by atoms with Gasteiger partial charge in [0.25, 0.3) is 5.69 Å². The fourth-order valence-electron chi connectivity index (χ4n) is 0.875. The summed E-state index contributed by atoms with van der Waals surface area (Å²) in [6, 6.07) is 5.99. The standard InChI is InChI=1S/C9H10N4O2S.HI/c1-16-9(10)12-11-6-7-2-4-8(5-3-7)13(14)15;/h2-6H,1H3,(H2,10,12);1H/b11-6+;. The second-order valence-electron chi connectivity index (χ2n) is 2.74. The Morgan fingerprint density at radius 3 is 2.53 bits per heavy atom.